The highest BCUT2D eigenvalue weighted by Crippen LogP contribution is 2.52. The van der Waals surface area contributed by atoms with E-state index < -0.39 is 5.60 Å². The monoisotopic (exact) mass is 283 g/mol. The van der Waals surface area contributed by atoms with E-state index in [-0.39, 0.29) is 29.8 Å². The summed E-state index contributed by atoms with van der Waals surface area (Å²) in [6.07, 6.45) is 3.58. The second kappa shape index (κ2) is 3.83. The summed E-state index contributed by atoms with van der Waals surface area (Å²) in [6.45, 7) is 5.89. The molecule has 4 atom stereocenters. The number of carbonyl (C=O) groups excluding carboxylic acids is 2. The van der Waals surface area contributed by atoms with Crippen molar-refractivity contribution in [3.05, 3.63) is 41.5 Å². The van der Waals surface area contributed by atoms with Gasteiger partial charge in [-0.05, 0) is 44.0 Å². The lowest BCUT2D eigenvalue weighted by Gasteiger charge is -2.24. The maximum atomic E-state index is 12.8. The van der Waals surface area contributed by atoms with Crippen LogP contribution in [-0.2, 0) is 14.3 Å². The van der Waals surface area contributed by atoms with Gasteiger partial charge in [0.25, 0.3) is 0 Å². The molecule has 1 aromatic carbocycles. The van der Waals surface area contributed by atoms with Gasteiger partial charge in [-0.1, -0.05) is 18.2 Å². The van der Waals surface area contributed by atoms with E-state index in [1.54, 1.807) is 0 Å². The number of anilines is 1. The number of ether oxygens (including phenoxy) is 1. The smallest absolute Gasteiger partial charge is 0.241 e. The molecule has 0 aromatic heterocycles. The van der Waals surface area contributed by atoms with E-state index in [1.807, 2.05) is 51.1 Å². The zero-order valence-corrected chi connectivity index (χ0v) is 12.3. The van der Waals surface area contributed by atoms with E-state index in [4.69, 9.17) is 4.74 Å². The number of hydrogen-bond donors (Lipinski definition) is 0. The number of carbonyl (C=O) groups is 2. The third-order valence-corrected chi connectivity index (χ3v) is 5.08. The lowest BCUT2D eigenvalue weighted by molar-refractivity contribution is -0.126. The van der Waals surface area contributed by atoms with Gasteiger partial charge in [-0.15, -0.1) is 0 Å². The van der Waals surface area contributed by atoms with E-state index in [0.29, 0.717) is 5.69 Å². The lowest BCUT2D eigenvalue weighted by atomic mass is 9.78. The van der Waals surface area contributed by atoms with Crippen LogP contribution in [0.1, 0.15) is 18.1 Å². The van der Waals surface area contributed by atoms with Gasteiger partial charge in [0, 0.05) is 0 Å². The van der Waals surface area contributed by atoms with Crippen LogP contribution in [0.25, 0.3) is 0 Å². The third kappa shape index (κ3) is 1.48. The first-order valence-corrected chi connectivity index (χ1v) is 7.24. The average molecular weight is 283 g/mol. The molecule has 0 radical (unpaired) electrons. The van der Waals surface area contributed by atoms with Crippen LogP contribution < -0.4 is 4.90 Å². The summed E-state index contributed by atoms with van der Waals surface area (Å²) < 4.78 is 5.82. The molecule has 0 aliphatic carbocycles. The van der Waals surface area contributed by atoms with Crippen molar-refractivity contribution in [1.29, 1.82) is 0 Å². The molecule has 0 N–H and O–H groups in total. The number of fused-ring (bicyclic) bond motifs is 5. The molecular formula is C17H17NO3. The summed E-state index contributed by atoms with van der Waals surface area (Å²) in [5, 5.41) is 0. The van der Waals surface area contributed by atoms with Crippen LogP contribution in [-0.4, -0.2) is 23.5 Å². The highest BCUT2D eigenvalue weighted by Gasteiger charge is 2.65. The van der Waals surface area contributed by atoms with Crippen molar-refractivity contribution < 1.29 is 14.3 Å². The predicted molar refractivity (Wildman–Crippen MR) is 77.8 cm³/mol. The number of aryl methyl sites for hydroxylation is 2. The Bertz CT molecular complexity index is 708. The van der Waals surface area contributed by atoms with Crippen LogP contribution >= 0.6 is 0 Å². The summed E-state index contributed by atoms with van der Waals surface area (Å²) >= 11 is 0. The normalized spacial score (nSPS) is 36.7. The number of amides is 2. The molecular weight excluding hydrogens is 266 g/mol. The Kier molecular flexibility index (Phi) is 2.33. The summed E-state index contributed by atoms with van der Waals surface area (Å²) in [7, 11) is 0. The summed E-state index contributed by atoms with van der Waals surface area (Å²) in [4.78, 5) is 26.8. The van der Waals surface area contributed by atoms with Crippen LogP contribution in [0.3, 0.4) is 0 Å². The van der Waals surface area contributed by atoms with Crippen LogP contribution in [0.5, 0.6) is 0 Å². The molecule has 2 amide bonds. The van der Waals surface area contributed by atoms with Crippen molar-refractivity contribution in [1.82, 2.24) is 0 Å². The quantitative estimate of drug-likeness (QED) is 0.586. The van der Waals surface area contributed by atoms with E-state index >= 15 is 0 Å². The van der Waals surface area contributed by atoms with Crippen molar-refractivity contribution in [2.45, 2.75) is 32.5 Å². The maximum Gasteiger partial charge on any atom is 0.241 e. The maximum absolute atomic E-state index is 12.8. The van der Waals surface area contributed by atoms with Crippen LogP contribution in [0.4, 0.5) is 5.69 Å². The Balaban J connectivity index is 1.78. The van der Waals surface area contributed by atoms with Gasteiger partial charge in [0.2, 0.25) is 11.8 Å². The second-order valence-corrected chi connectivity index (χ2v) is 6.41. The zero-order chi connectivity index (χ0) is 14.9. The SMILES string of the molecule is Cc1ccc(N2C(=O)[C@H]3[C@@H](C2=O)[C@@]2(C)C=C[C@H]3O2)cc1C. The molecule has 3 aliphatic rings. The Morgan fingerprint density at radius 3 is 2.57 bits per heavy atom. The first-order valence-electron chi connectivity index (χ1n) is 7.24. The molecule has 4 rings (SSSR count). The van der Waals surface area contributed by atoms with E-state index in [1.165, 1.54) is 4.90 Å². The number of imide groups is 1. The van der Waals surface area contributed by atoms with Crippen molar-refractivity contribution >= 4 is 17.5 Å². The van der Waals surface area contributed by atoms with E-state index in [0.717, 1.165) is 11.1 Å². The summed E-state index contributed by atoms with van der Waals surface area (Å²) in [5.74, 6) is -1.02. The van der Waals surface area contributed by atoms with Crippen LogP contribution in [0, 0.1) is 25.7 Å². The van der Waals surface area contributed by atoms with Gasteiger partial charge in [0.05, 0.1) is 29.2 Å². The second-order valence-electron chi connectivity index (χ2n) is 6.41. The Morgan fingerprint density at radius 2 is 1.90 bits per heavy atom. The zero-order valence-electron chi connectivity index (χ0n) is 12.3. The number of hydrogen-bond acceptors (Lipinski definition) is 3. The van der Waals surface area contributed by atoms with Gasteiger partial charge < -0.3 is 4.74 Å². The molecule has 0 spiro atoms. The van der Waals surface area contributed by atoms with Gasteiger partial charge in [-0.3, -0.25) is 9.59 Å². The fraction of sp³-hybridized carbons (Fsp3) is 0.412. The topological polar surface area (TPSA) is 46.6 Å². The van der Waals surface area contributed by atoms with Crippen molar-refractivity contribution in [2.24, 2.45) is 11.8 Å². The Labute approximate surface area is 123 Å². The van der Waals surface area contributed by atoms with Crippen LogP contribution in [0.15, 0.2) is 30.4 Å². The van der Waals surface area contributed by atoms with Crippen LogP contribution in [0.2, 0.25) is 0 Å². The standard InChI is InChI=1S/C17H17NO3/c1-9-4-5-11(8-10(9)2)18-15(19)13-12-6-7-17(3,21-12)14(13)16(18)20/h4-8,12-14H,1-3H3/t12-,13-,14+,17-/m1/s1. The average Bonchev–Trinajstić information content (AvgIpc) is 3.03. The molecule has 4 nitrogen and oxygen atoms in total. The third-order valence-electron chi connectivity index (χ3n) is 5.08. The fourth-order valence-electron chi connectivity index (χ4n) is 3.77. The fourth-order valence-corrected chi connectivity index (χ4v) is 3.77. The van der Waals surface area contributed by atoms with Gasteiger partial charge >= 0.3 is 0 Å². The first-order chi connectivity index (χ1) is 9.92. The van der Waals surface area contributed by atoms with Gasteiger partial charge in [-0.2, -0.15) is 0 Å². The number of rotatable bonds is 1. The molecule has 3 heterocycles. The van der Waals surface area contributed by atoms with Crippen molar-refractivity contribution in [3.8, 4) is 0 Å². The van der Waals surface area contributed by atoms with Crippen molar-refractivity contribution in [3.63, 3.8) is 0 Å². The minimum absolute atomic E-state index is 0.133. The molecule has 4 heteroatoms. The molecule has 108 valence electrons. The molecule has 2 fully saturated rings. The number of nitrogens with zero attached hydrogens (tertiary/aromatic N) is 1. The molecule has 2 saturated heterocycles. The first kappa shape index (κ1) is 12.8. The lowest BCUT2D eigenvalue weighted by Crippen LogP contribution is -2.38. The van der Waals surface area contributed by atoms with Gasteiger partial charge in [-0.25, -0.2) is 4.90 Å². The predicted octanol–water partition coefficient (Wildman–Crippen LogP) is 2.14. The van der Waals surface area contributed by atoms with E-state index in [9.17, 15) is 9.59 Å². The summed E-state index contributed by atoms with van der Waals surface area (Å²) in [5.41, 5.74) is 2.27. The molecule has 0 saturated carbocycles. The minimum Gasteiger partial charge on any atom is -0.362 e. The molecule has 2 bridgehead atoms. The van der Waals surface area contributed by atoms with E-state index in [2.05, 4.69) is 0 Å². The van der Waals surface area contributed by atoms with Gasteiger partial charge in [0.15, 0.2) is 0 Å². The molecule has 0 unspecified atom stereocenters. The van der Waals surface area contributed by atoms with Gasteiger partial charge in [0.1, 0.15) is 0 Å². The Hall–Kier alpha value is -1.94. The largest absolute Gasteiger partial charge is 0.362 e. The molecule has 21 heavy (non-hydrogen) atoms. The minimum atomic E-state index is -0.628. The highest BCUT2D eigenvalue weighted by molar-refractivity contribution is 6.23. The molecule has 3 aliphatic heterocycles. The van der Waals surface area contributed by atoms with Crippen molar-refractivity contribution in [2.75, 3.05) is 4.90 Å². The molecule has 1 aromatic rings. The Morgan fingerprint density at radius 1 is 1.14 bits per heavy atom. The highest BCUT2D eigenvalue weighted by atomic mass is 16.5. The number of benzene rings is 1. The summed E-state index contributed by atoms with van der Waals surface area (Å²) in [6, 6.07) is 5.70.